The Kier molecular flexibility index (Phi) is 6.82. The number of non-ortho nitro benzene ring substituents is 1. The van der Waals surface area contributed by atoms with Crippen molar-refractivity contribution < 1.29 is 19.2 Å². The maximum atomic E-state index is 12.1. The Labute approximate surface area is 156 Å². The first-order valence-corrected chi connectivity index (χ1v) is 8.42. The van der Waals surface area contributed by atoms with Crippen LogP contribution in [0.3, 0.4) is 0 Å². The first kappa shape index (κ1) is 19.8. The topological polar surface area (TPSA) is 98.5 Å². The molecule has 140 valence electrons. The standard InChI is InChI=1S/C20H20N2O5/c1-3-15-7-10-17(11-8-15)21-20(24)14(2)27-19(23)12-9-16-5-4-6-18(13-16)22(25)26/h4-14H,3H2,1-2H3,(H,21,24)/b12-9+/t14-/m1/s1. The first-order chi connectivity index (χ1) is 12.9. The molecule has 0 saturated carbocycles. The van der Waals surface area contributed by atoms with Gasteiger partial charge in [-0.05, 0) is 42.7 Å². The summed E-state index contributed by atoms with van der Waals surface area (Å²) in [7, 11) is 0. The van der Waals surface area contributed by atoms with Gasteiger partial charge in [0.1, 0.15) is 0 Å². The summed E-state index contributed by atoms with van der Waals surface area (Å²) >= 11 is 0. The molecule has 1 N–H and O–H groups in total. The Balaban J connectivity index is 1.91. The SMILES string of the molecule is CCc1ccc(NC(=O)[C@@H](C)OC(=O)/C=C/c2cccc([N+](=O)[O-])c2)cc1. The Morgan fingerprint density at radius 3 is 2.56 bits per heavy atom. The van der Waals surface area contributed by atoms with Gasteiger partial charge < -0.3 is 10.1 Å². The van der Waals surface area contributed by atoms with Crippen LogP contribution in [0.15, 0.2) is 54.6 Å². The second-order valence-corrected chi connectivity index (χ2v) is 5.80. The van der Waals surface area contributed by atoms with Crippen LogP contribution in [0.2, 0.25) is 0 Å². The van der Waals surface area contributed by atoms with Crippen LogP contribution in [0.1, 0.15) is 25.0 Å². The van der Waals surface area contributed by atoms with E-state index in [-0.39, 0.29) is 5.69 Å². The van der Waals surface area contributed by atoms with E-state index in [0.29, 0.717) is 11.3 Å². The van der Waals surface area contributed by atoms with E-state index < -0.39 is 22.9 Å². The lowest BCUT2D eigenvalue weighted by atomic mass is 10.1. The molecule has 2 aromatic rings. The number of rotatable bonds is 7. The van der Waals surface area contributed by atoms with Crippen LogP contribution < -0.4 is 5.32 Å². The normalized spacial score (nSPS) is 11.8. The van der Waals surface area contributed by atoms with Gasteiger partial charge in [0.05, 0.1) is 4.92 Å². The summed E-state index contributed by atoms with van der Waals surface area (Å²) in [5.74, 6) is -1.16. The van der Waals surface area contributed by atoms with Crippen molar-refractivity contribution in [2.45, 2.75) is 26.4 Å². The highest BCUT2D eigenvalue weighted by Gasteiger charge is 2.16. The molecule has 7 nitrogen and oxygen atoms in total. The average Bonchev–Trinajstić information content (AvgIpc) is 2.67. The molecule has 0 radical (unpaired) electrons. The number of nitrogens with zero attached hydrogens (tertiary/aromatic N) is 1. The van der Waals surface area contributed by atoms with Gasteiger partial charge >= 0.3 is 5.97 Å². The molecule has 0 saturated heterocycles. The number of aryl methyl sites for hydroxylation is 1. The highest BCUT2D eigenvalue weighted by atomic mass is 16.6. The third-order valence-electron chi connectivity index (χ3n) is 3.78. The Hall–Kier alpha value is -3.48. The summed E-state index contributed by atoms with van der Waals surface area (Å²) < 4.78 is 5.06. The van der Waals surface area contributed by atoms with Crippen LogP contribution >= 0.6 is 0 Å². The quantitative estimate of drug-likeness (QED) is 0.347. The smallest absolute Gasteiger partial charge is 0.331 e. The summed E-state index contributed by atoms with van der Waals surface area (Å²) in [5, 5.41) is 13.4. The molecule has 0 unspecified atom stereocenters. The van der Waals surface area contributed by atoms with Gasteiger partial charge in [0.2, 0.25) is 0 Å². The molecule has 0 bridgehead atoms. The van der Waals surface area contributed by atoms with E-state index in [1.807, 2.05) is 19.1 Å². The number of hydrogen-bond donors (Lipinski definition) is 1. The van der Waals surface area contributed by atoms with Crippen molar-refractivity contribution in [2.75, 3.05) is 5.32 Å². The van der Waals surface area contributed by atoms with E-state index in [4.69, 9.17) is 4.74 Å². The van der Waals surface area contributed by atoms with Gasteiger partial charge in [-0.1, -0.05) is 31.2 Å². The lowest BCUT2D eigenvalue weighted by molar-refractivity contribution is -0.384. The van der Waals surface area contributed by atoms with Gasteiger partial charge in [0, 0.05) is 23.9 Å². The first-order valence-electron chi connectivity index (χ1n) is 8.42. The molecule has 27 heavy (non-hydrogen) atoms. The predicted molar refractivity (Wildman–Crippen MR) is 102 cm³/mol. The lowest BCUT2D eigenvalue weighted by Crippen LogP contribution is -2.29. The van der Waals surface area contributed by atoms with Crippen LogP contribution in [-0.2, 0) is 20.7 Å². The number of carbonyl (C=O) groups is 2. The molecule has 0 aliphatic heterocycles. The van der Waals surface area contributed by atoms with Crippen molar-refractivity contribution in [1.82, 2.24) is 0 Å². The average molecular weight is 368 g/mol. The third kappa shape index (κ3) is 6.07. The number of nitro groups is 1. The molecule has 1 atom stereocenters. The van der Waals surface area contributed by atoms with Gasteiger partial charge in [-0.2, -0.15) is 0 Å². The van der Waals surface area contributed by atoms with E-state index in [9.17, 15) is 19.7 Å². The van der Waals surface area contributed by atoms with Crippen LogP contribution in [0.5, 0.6) is 0 Å². The molecule has 2 rings (SSSR count). The number of anilines is 1. The van der Waals surface area contributed by atoms with Gasteiger partial charge in [-0.15, -0.1) is 0 Å². The Morgan fingerprint density at radius 2 is 1.93 bits per heavy atom. The minimum atomic E-state index is -0.988. The number of nitrogens with one attached hydrogen (secondary N) is 1. The highest BCUT2D eigenvalue weighted by molar-refractivity contribution is 5.96. The molecule has 2 aromatic carbocycles. The Morgan fingerprint density at radius 1 is 1.22 bits per heavy atom. The molecule has 0 aliphatic rings. The number of benzene rings is 2. The minimum absolute atomic E-state index is 0.0765. The van der Waals surface area contributed by atoms with Gasteiger partial charge in [0.25, 0.3) is 11.6 Å². The molecule has 0 aromatic heterocycles. The van der Waals surface area contributed by atoms with Gasteiger partial charge in [-0.3, -0.25) is 14.9 Å². The van der Waals surface area contributed by atoms with E-state index in [0.717, 1.165) is 18.1 Å². The van der Waals surface area contributed by atoms with Crippen LogP contribution in [0.4, 0.5) is 11.4 Å². The lowest BCUT2D eigenvalue weighted by Gasteiger charge is -2.12. The summed E-state index contributed by atoms with van der Waals surface area (Å²) in [6.45, 7) is 3.51. The summed E-state index contributed by atoms with van der Waals surface area (Å²) in [6, 6.07) is 13.2. The number of amides is 1. The van der Waals surface area contributed by atoms with E-state index in [1.165, 1.54) is 31.2 Å². The van der Waals surface area contributed by atoms with Crippen molar-refractivity contribution in [3.05, 3.63) is 75.8 Å². The number of esters is 1. The van der Waals surface area contributed by atoms with Gasteiger partial charge in [0.15, 0.2) is 6.10 Å². The zero-order chi connectivity index (χ0) is 19.8. The van der Waals surface area contributed by atoms with Crippen molar-refractivity contribution in [3.8, 4) is 0 Å². The number of carbonyl (C=O) groups excluding carboxylic acids is 2. The number of hydrogen-bond acceptors (Lipinski definition) is 5. The summed E-state index contributed by atoms with van der Waals surface area (Å²) in [5.41, 5.74) is 2.17. The molecular formula is C20H20N2O5. The highest BCUT2D eigenvalue weighted by Crippen LogP contribution is 2.14. The predicted octanol–water partition coefficient (Wildman–Crippen LogP) is 3.74. The molecule has 7 heteroatoms. The van der Waals surface area contributed by atoms with Crippen LogP contribution in [-0.4, -0.2) is 22.9 Å². The second-order valence-electron chi connectivity index (χ2n) is 5.80. The maximum absolute atomic E-state index is 12.1. The zero-order valence-electron chi connectivity index (χ0n) is 15.0. The number of ether oxygens (including phenoxy) is 1. The molecule has 0 heterocycles. The largest absolute Gasteiger partial charge is 0.449 e. The van der Waals surface area contributed by atoms with Crippen LogP contribution in [0, 0.1) is 10.1 Å². The maximum Gasteiger partial charge on any atom is 0.331 e. The molecule has 0 aliphatic carbocycles. The van der Waals surface area contributed by atoms with E-state index in [2.05, 4.69) is 5.32 Å². The third-order valence-corrected chi connectivity index (χ3v) is 3.78. The Bertz CT molecular complexity index is 859. The fourth-order valence-electron chi connectivity index (χ4n) is 2.24. The zero-order valence-corrected chi connectivity index (χ0v) is 15.0. The van der Waals surface area contributed by atoms with Crippen molar-refractivity contribution in [2.24, 2.45) is 0 Å². The van der Waals surface area contributed by atoms with Crippen LogP contribution in [0.25, 0.3) is 6.08 Å². The fourth-order valence-corrected chi connectivity index (χ4v) is 2.24. The molecule has 0 spiro atoms. The molecular weight excluding hydrogens is 348 g/mol. The van der Waals surface area contributed by atoms with Crippen molar-refractivity contribution in [1.29, 1.82) is 0 Å². The van der Waals surface area contributed by atoms with Crippen molar-refractivity contribution >= 4 is 29.3 Å². The molecule has 0 fully saturated rings. The summed E-state index contributed by atoms with van der Waals surface area (Å²) in [6.07, 6.45) is 2.43. The fraction of sp³-hybridized carbons (Fsp3) is 0.200. The second kappa shape index (κ2) is 9.28. The monoisotopic (exact) mass is 368 g/mol. The van der Waals surface area contributed by atoms with Crippen molar-refractivity contribution in [3.63, 3.8) is 0 Å². The van der Waals surface area contributed by atoms with E-state index >= 15 is 0 Å². The number of nitro benzene ring substituents is 1. The molecule has 1 amide bonds. The minimum Gasteiger partial charge on any atom is -0.449 e. The van der Waals surface area contributed by atoms with E-state index in [1.54, 1.807) is 18.2 Å². The summed E-state index contributed by atoms with van der Waals surface area (Å²) in [4.78, 5) is 34.2. The van der Waals surface area contributed by atoms with Gasteiger partial charge in [-0.25, -0.2) is 4.79 Å².